The number of aliphatic hydroxyl groups is 1. The lowest BCUT2D eigenvalue weighted by molar-refractivity contribution is -0.289. The highest BCUT2D eigenvalue weighted by Gasteiger charge is 2.60. The number of rotatable bonds is 6. The fraction of sp³-hybridized carbons (Fsp3) is 0.696. The second-order valence-electron chi connectivity index (χ2n) is 8.96. The molecule has 0 spiro atoms. The topological polar surface area (TPSA) is 118 Å². The molecule has 9 nitrogen and oxygen atoms in total. The molecule has 0 aliphatic carbocycles. The molecular formula is C23H32O9. The molecule has 2 bridgehead atoms. The molecule has 3 heterocycles. The summed E-state index contributed by atoms with van der Waals surface area (Å²) in [5.74, 6) is -3.20. The zero-order valence-electron chi connectivity index (χ0n) is 19.3. The van der Waals surface area contributed by atoms with Gasteiger partial charge in [-0.15, -0.1) is 0 Å². The number of esters is 3. The number of hydrogen-bond acceptors (Lipinski definition) is 9. The van der Waals surface area contributed by atoms with E-state index in [-0.39, 0.29) is 35.7 Å². The van der Waals surface area contributed by atoms with Crippen LogP contribution in [0.1, 0.15) is 53.9 Å². The first-order valence-electron chi connectivity index (χ1n) is 10.9. The number of carbonyl (C=O) groups is 3. The molecule has 0 aromatic carbocycles. The maximum atomic E-state index is 12.7. The second-order valence-corrected chi connectivity index (χ2v) is 8.96. The third-order valence-electron chi connectivity index (χ3n) is 6.50. The lowest BCUT2D eigenvalue weighted by Crippen LogP contribution is -2.50. The van der Waals surface area contributed by atoms with Crippen LogP contribution in [0.15, 0.2) is 23.3 Å². The molecule has 1 N–H and O–H groups in total. The first-order chi connectivity index (χ1) is 14.9. The van der Waals surface area contributed by atoms with Crippen LogP contribution in [0, 0.1) is 5.92 Å². The van der Waals surface area contributed by atoms with Crippen molar-refractivity contribution >= 4 is 17.9 Å². The minimum absolute atomic E-state index is 0.0581. The monoisotopic (exact) mass is 452 g/mol. The highest BCUT2D eigenvalue weighted by atomic mass is 16.7. The maximum absolute atomic E-state index is 12.7. The van der Waals surface area contributed by atoms with E-state index >= 15 is 0 Å². The van der Waals surface area contributed by atoms with Crippen molar-refractivity contribution in [2.75, 3.05) is 13.2 Å². The Morgan fingerprint density at radius 3 is 2.56 bits per heavy atom. The molecule has 32 heavy (non-hydrogen) atoms. The summed E-state index contributed by atoms with van der Waals surface area (Å²) in [6.45, 7) is 11.9. The number of hydrogen-bond donors (Lipinski definition) is 1. The van der Waals surface area contributed by atoms with Gasteiger partial charge in [-0.3, -0.25) is 4.79 Å². The molecule has 3 aliphatic rings. The zero-order chi connectivity index (χ0) is 23.8. The Bertz CT molecular complexity index is 846. The van der Waals surface area contributed by atoms with E-state index in [1.165, 1.54) is 13.8 Å². The van der Waals surface area contributed by atoms with E-state index in [0.29, 0.717) is 19.4 Å². The fourth-order valence-corrected chi connectivity index (χ4v) is 4.72. The molecule has 0 amide bonds. The number of carbonyl (C=O) groups excluding carboxylic acids is 3. The summed E-state index contributed by atoms with van der Waals surface area (Å²) in [6, 6.07) is 0. The number of aliphatic hydroxyl groups excluding tert-OH is 1. The van der Waals surface area contributed by atoms with Gasteiger partial charge in [-0.25, -0.2) is 9.59 Å². The Balaban J connectivity index is 2.13. The molecule has 0 aromatic heterocycles. The Kier molecular flexibility index (Phi) is 6.83. The molecule has 2 saturated heterocycles. The van der Waals surface area contributed by atoms with Gasteiger partial charge in [0.2, 0.25) is 0 Å². The third-order valence-corrected chi connectivity index (χ3v) is 6.50. The van der Waals surface area contributed by atoms with Crippen LogP contribution in [-0.2, 0) is 38.1 Å². The summed E-state index contributed by atoms with van der Waals surface area (Å²) in [4.78, 5) is 36.6. The SMILES string of the molecule is C=C(C)C(=O)O[C@H]1C[C@@H](C)[C@]2(OCC)CC[C@](C)(O2)[C@@H](O)[C@H]2OC(=O)C(COC(C)=O)=C12. The summed E-state index contributed by atoms with van der Waals surface area (Å²) < 4.78 is 28.8. The average Bonchev–Trinajstić information content (AvgIpc) is 3.23. The Morgan fingerprint density at radius 2 is 1.97 bits per heavy atom. The van der Waals surface area contributed by atoms with E-state index in [1.807, 2.05) is 13.8 Å². The van der Waals surface area contributed by atoms with Gasteiger partial charge >= 0.3 is 17.9 Å². The molecule has 0 saturated carbocycles. The van der Waals surface area contributed by atoms with E-state index < -0.39 is 47.6 Å². The van der Waals surface area contributed by atoms with Crippen molar-refractivity contribution in [3.63, 3.8) is 0 Å². The molecule has 2 fully saturated rings. The summed E-state index contributed by atoms with van der Waals surface area (Å²) in [5, 5.41) is 11.3. The standard InChI is InChI=1S/C23H32O9/c1-7-29-23-9-8-22(6,32-23)19(25)18-17(15(21(27)31-18)11-28-14(5)24)16(10-13(23)4)30-20(26)12(2)3/h13,16,18-19,25H,2,7-11H2,1,3-6H3/t13-,16+,18+,19+,22+,23+/m1/s1. The van der Waals surface area contributed by atoms with Crippen molar-refractivity contribution in [3.05, 3.63) is 23.3 Å². The molecule has 3 aliphatic heterocycles. The van der Waals surface area contributed by atoms with E-state index in [4.69, 9.17) is 23.7 Å². The van der Waals surface area contributed by atoms with Gasteiger partial charge in [0.25, 0.3) is 0 Å². The minimum atomic E-state index is -1.25. The van der Waals surface area contributed by atoms with Crippen molar-refractivity contribution in [2.24, 2.45) is 5.92 Å². The Morgan fingerprint density at radius 1 is 1.28 bits per heavy atom. The van der Waals surface area contributed by atoms with Crippen LogP contribution in [0.2, 0.25) is 0 Å². The predicted molar refractivity (Wildman–Crippen MR) is 111 cm³/mol. The van der Waals surface area contributed by atoms with Crippen molar-refractivity contribution in [2.45, 2.75) is 83.6 Å². The van der Waals surface area contributed by atoms with E-state index in [1.54, 1.807) is 6.92 Å². The molecule has 6 atom stereocenters. The molecule has 0 aromatic rings. The summed E-state index contributed by atoms with van der Waals surface area (Å²) >= 11 is 0. The molecule has 3 rings (SSSR count). The van der Waals surface area contributed by atoms with Gasteiger partial charge in [-0.2, -0.15) is 0 Å². The van der Waals surface area contributed by atoms with E-state index in [0.717, 1.165) is 0 Å². The highest BCUT2D eigenvalue weighted by Crippen LogP contribution is 2.50. The Labute approximate surface area is 187 Å². The molecule has 0 unspecified atom stereocenters. The zero-order valence-corrected chi connectivity index (χ0v) is 19.3. The van der Waals surface area contributed by atoms with E-state index in [2.05, 4.69) is 6.58 Å². The van der Waals surface area contributed by atoms with Crippen LogP contribution in [-0.4, -0.2) is 65.9 Å². The van der Waals surface area contributed by atoms with Crippen LogP contribution in [0.25, 0.3) is 0 Å². The first-order valence-corrected chi connectivity index (χ1v) is 10.9. The normalized spacial score (nSPS) is 36.5. The van der Waals surface area contributed by atoms with Crippen LogP contribution in [0.3, 0.4) is 0 Å². The Hall–Kier alpha value is -2.23. The largest absolute Gasteiger partial charge is 0.461 e. The van der Waals surface area contributed by atoms with Crippen LogP contribution in [0.4, 0.5) is 0 Å². The van der Waals surface area contributed by atoms with Gasteiger partial charge in [-0.05, 0) is 33.6 Å². The van der Waals surface area contributed by atoms with Gasteiger partial charge in [-0.1, -0.05) is 13.5 Å². The van der Waals surface area contributed by atoms with Gasteiger partial charge in [0, 0.05) is 37.0 Å². The lowest BCUT2D eigenvalue weighted by Gasteiger charge is -2.38. The maximum Gasteiger partial charge on any atom is 0.338 e. The highest BCUT2D eigenvalue weighted by molar-refractivity contribution is 5.94. The van der Waals surface area contributed by atoms with E-state index in [9.17, 15) is 19.5 Å². The summed E-state index contributed by atoms with van der Waals surface area (Å²) in [6.07, 6.45) is -2.06. The summed E-state index contributed by atoms with van der Waals surface area (Å²) in [7, 11) is 0. The van der Waals surface area contributed by atoms with Crippen LogP contribution in [0.5, 0.6) is 0 Å². The lowest BCUT2D eigenvalue weighted by atomic mass is 9.81. The summed E-state index contributed by atoms with van der Waals surface area (Å²) in [5.41, 5.74) is -0.535. The van der Waals surface area contributed by atoms with Gasteiger partial charge in [0.05, 0.1) is 11.2 Å². The van der Waals surface area contributed by atoms with Gasteiger partial charge < -0.3 is 28.8 Å². The van der Waals surface area contributed by atoms with Crippen LogP contribution < -0.4 is 0 Å². The second kappa shape index (κ2) is 8.96. The third kappa shape index (κ3) is 4.33. The predicted octanol–water partition coefficient (Wildman–Crippen LogP) is 1.96. The minimum Gasteiger partial charge on any atom is -0.461 e. The average molecular weight is 453 g/mol. The molecule has 0 radical (unpaired) electrons. The van der Waals surface area contributed by atoms with Crippen molar-refractivity contribution in [1.29, 1.82) is 0 Å². The molecule has 178 valence electrons. The first kappa shape index (κ1) is 24.4. The fourth-order valence-electron chi connectivity index (χ4n) is 4.72. The van der Waals surface area contributed by atoms with Crippen molar-refractivity contribution in [1.82, 2.24) is 0 Å². The number of fused-ring (bicyclic) bond motifs is 3. The smallest absolute Gasteiger partial charge is 0.338 e. The van der Waals surface area contributed by atoms with Crippen LogP contribution >= 0.6 is 0 Å². The van der Waals surface area contributed by atoms with Gasteiger partial charge in [0.1, 0.15) is 18.8 Å². The van der Waals surface area contributed by atoms with Gasteiger partial charge in [0.15, 0.2) is 11.9 Å². The van der Waals surface area contributed by atoms with Crippen molar-refractivity contribution < 1.29 is 43.2 Å². The quantitative estimate of drug-likeness (QED) is 0.366. The number of ether oxygens (including phenoxy) is 5. The van der Waals surface area contributed by atoms with Crippen molar-refractivity contribution in [3.8, 4) is 0 Å². The molecule has 9 heteroatoms. The molecular weight excluding hydrogens is 420 g/mol.